The zero-order chi connectivity index (χ0) is 25.7. The van der Waals surface area contributed by atoms with Crippen LogP contribution in [0.25, 0.3) is 0 Å². The van der Waals surface area contributed by atoms with Gasteiger partial charge in [-0.05, 0) is 24.7 Å². The summed E-state index contributed by atoms with van der Waals surface area (Å²) in [7, 11) is 0. The zero-order valence-electron chi connectivity index (χ0n) is 19.7. The fourth-order valence-corrected chi connectivity index (χ4v) is 2.84. The van der Waals surface area contributed by atoms with Crippen LogP contribution in [0.2, 0.25) is 0 Å². The summed E-state index contributed by atoms with van der Waals surface area (Å²) >= 11 is 0. The van der Waals surface area contributed by atoms with Crippen molar-refractivity contribution >= 4 is 29.7 Å². The number of carboxylic acids is 1. The van der Waals surface area contributed by atoms with Gasteiger partial charge in [0.15, 0.2) is 5.96 Å². The van der Waals surface area contributed by atoms with Crippen LogP contribution in [-0.4, -0.2) is 77.2 Å². The minimum atomic E-state index is -1.50. The Hall–Kier alpha value is -2.93. The highest BCUT2D eigenvalue weighted by molar-refractivity contribution is 5.94. The van der Waals surface area contributed by atoms with E-state index in [0.717, 1.165) is 0 Å². The van der Waals surface area contributed by atoms with Gasteiger partial charge < -0.3 is 43.4 Å². The first kappa shape index (κ1) is 30.1. The van der Waals surface area contributed by atoms with Gasteiger partial charge in [-0.1, -0.05) is 34.1 Å². The van der Waals surface area contributed by atoms with Gasteiger partial charge in [0.2, 0.25) is 17.7 Å². The summed E-state index contributed by atoms with van der Waals surface area (Å²) < 4.78 is 0. The molecule has 5 atom stereocenters. The van der Waals surface area contributed by atoms with Crippen LogP contribution in [0.15, 0.2) is 4.99 Å². The molecule has 0 aliphatic heterocycles. The van der Waals surface area contributed by atoms with Gasteiger partial charge in [0.1, 0.15) is 18.1 Å². The SMILES string of the molecule is CCC(C)C(NC(=O)C(NC(=O)C(N)CCCN=C(N)N)C(C)C)C(=O)NC(CO)C(=O)O. The van der Waals surface area contributed by atoms with Crippen LogP contribution >= 0.6 is 0 Å². The molecule has 13 nitrogen and oxygen atoms in total. The van der Waals surface area contributed by atoms with E-state index in [1.165, 1.54) is 0 Å². The number of hydrogen-bond acceptors (Lipinski definition) is 7. The van der Waals surface area contributed by atoms with Crippen molar-refractivity contribution < 1.29 is 29.4 Å². The number of hydrogen-bond donors (Lipinski definition) is 8. The topological polar surface area (TPSA) is 235 Å². The molecule has 0 aliphatic rings. The number of guanidine groups is 1. The first-order chi connectivity index (χ1) is 15.3. The average molecular weight is 474 g/mol. The molecule has 190 valence electrons. The first-order valence-electron chi connectivity index (χ1n) is 10.9. The van der Waals surface area contributed by atoms with Gasteiger partial charge in [0, 0.05) is 6.54 Å². The molecule has 0 aromatic rings. The average Bonchev–Trinajstić information content (AvgIpc) is 2.74. The Morgan fingerprint density at radius 1 is 0.939 bits per heavy atom. The van der Waals surface area contributed by atoms with Crippen LogP contribution in [0.3, 0.4) is 0 Å². The Bertz CT molecular complexity index is 696. The maximum absolute atomic E-state index is 12.9. The maximum Gasteiger partial charge on any atom is 0.328 e. The van der Waals surface area contributed by atoms with Gasteiger partial charge in [-0.15, -0.1) is 0 Å². The molecule has 11 N–H and O–H groups in total. The van der Waals surface area contributed by atoms with E-state index in [2.05, 4.69) is 20.9 Å². The van der Waals surface area contributed by atoms with Crippen LogP contribution in [0.4, 0.5) is 0 Å². The number of aliphatic hydroxyl groups excluding tert-OH is 1. The number of carbonyl (C=O) groups is 4. The summed E-state index contributed by atoms with van der Waals surface area (Å²) in [4.78, 5) is 53.0. The third-order valence-corrected chi connectivity index (χ3v) is 5.14. The van der Waals surface area contributed by atoms with Gasteiger partial charge in [-0.25, -0.2) is 4.79 Å². The second-order valence-electron chi connectivity index (χ2n) is 8.24. The van der Waals surface area contributed by atoms with Gasteiger partial charge in [-0.3, -0.25) is 19.4 Å². The Kier molecular flexibility index (Phi) is 13.7. The zero-order valence-corrected chi connectivity index (χ0v) is 19.7. The lowest BCUT2D eigenvalue weighted by molar-refractivity contribution is -0.143. The lowest BCUT2D eigenvalue weighted by Gasteiger charge is -2.29. The molecule has 0 aromatic heterocycles. The number of nitrogens with zero attached hydrogens (tertiary/aromatic N) is 1. The molecule has 13 heteroatoms. The number of rotatable bonds is 15. The first-order valence-corrected chi connectivity index (χ1v) is 10.9. The van der Waals surface area contributed by atoms with Crippen LogP contribution in [0.5, 0.6) is 0 Å². The quantitative estimate of drug-likeness (QED) is 0.0717. The van der Waals surface area contributed by atoms with Gasteiger partial charge in [-0.2, -0.15) is 0 Å². The van der Waals surface area contributed by atoms with Crippen molar-refractivity contribution in [3.8, 4) is 0 Å². The molecule has 0 aromatic carbocycles. The molecular weight excluding hydrogens is 434 g/mol. The molecule has 0 saturated carbocycles. The predicted molar refractivity (Wildman–Crippen MR) is 123 cm³/mol. The summed E-state index contributed by atoms with van der Waals surface area (Å²) in [6.45, 7) is 6.48. The van der Waals surface area contributed by atoms with Gasteiger partial charge in [0.25, 0.3) is 0 Å². The molecular formula is C20H39N7O6. The van der Waals surface area contributed by atoms with E-state index >= 15 is 0 Å². The number of aliphatic imine (C=N–C) groups is 1. The minimum absolute atomic E-state index is 0.0573. The molecule has 0 fully saturated rings. The highest BCUT2D eigenvalue weighted by Crippen LogP contribution is 2.11. The molecule has 0 radical (unpaired) electrons. The third kappa shape index (κ3) is 11.0. The molecule has 0 rings (SSSR count). The monoisotopic (exact) mass is 473 g/mol. The van der Waals surface area contributed by atoms with Crippen molar-refractivity contribution in [3.63, 3.8) is 0 Å². The number of nitrogens with one attached hydrogen (secondary N) is 3. The Labute approximate surface area is 193 Å². The molecule has 33 heavy (non-hydrogen) atoms. The molecule has 0 spiro atoms. The van der Waals surface area contributed by atoms with E-state index < -0.39 is 54.5 Å². The van der Waals surface area contributed by atoms with E-state index in [9.17, 15) is 19.2 Å². The van der Waals surface area contributed by atoms with Crippen molar-refractivity contribution in [1.82, 2.24) is 16.0 Å². The summed E-state index contributed by atoms with van der Waals surface area (Å²) in [5.41, 5.74) is 16.4. The highest BCUT2D eigenvalue weighted by Gasteiger charge is 2.33. The van der Waals surface area contributed by atoms with Crippen molar-refractivity contribution in [2.75, 3.05) is 13.2 Å². The van der Waals surface area contributed by atoms with E-state index in [0.29, 0.717) is 25.8 Å². The smallest absolute Gasteiger partial charge is 0.328 e. The fourth-order valence-electron chi connectivity index (χ4n) is 2.84. The van der Waals surface area contributed by atoms with Gasteiger partial charge in [0.05, 0.1) is 12.6 Å². The molecule has 3 amide bonds. The molecule has 0 bridgehead atoms. The number of amides is 3. The summed E-state index contributed by atoms with van der Waals surface area (Å²) in [6, 6.07) is -4.43. The van der Waals surface area contributed by atoms with Crippen molar-refractivity contribution in [1.29, 1.82) is 0 Å². The fraction of sp³-hybridized carbons (Fsp3) is 0.750. The lowest BCUT2D eigenvalue weighted by atomic mass is 9.96. The van der Waals surface area contributed by atoms with Crippen LogP contribution in [0, 0.1) is 11.8 Å². The van der Waals surface area contributed by atoms with E-state index in [1.807, 2.05) is 0 Å². The second kappa shape index (κ2) is 15.0. The van der Waals surface area contributed by atoms with Gasteiger partial charge >= 0.3 is 5.97 Å². The standard InChI is InChI=1S/C20H39N7O6/c1-5-11(4)15(18(31)25-13(9-28)19(32)33)27-17(30)14(10(2)3)26-16(29)12(21)7-6-8-24-20(22)23/h10-15,28H,5-9,21H2,1-4H3,(H,25,31)(H,26,29)(H,27,30)(H,32,33)(H4,22,23,24). The summed E-state index contributed by atoms with van der Waals surface area (Å²) in [5, 5.41) is 25.6. The van der Waals surface area contributed by atoms with Crippen LogP contribution < -0.4 is 33.2 Å². The number of nitrogens with two attached hydrogens (primary N) is 3. The third-order valence-electron chi connectivity index (χ3n) is 5.14. The molecule has 0 saturated heterocycles. The normalized spacial score (nSPS) is 15.5. The molecule has 5 unspecified atom stereocenters. The van der Waals surface area contributed by atoms with E-state index in [1.54, 1.807) is 27.7 Å². The number of carboxylic acid groups (broad SMARTS) is 1. The molecule has 0 aliphatic carbocycles. The summed E-state index contributed by atoms with van der Waals surface area (Å²) in [6.07, 6.45) is 1.27. The number of aliphatic hydroxyl groups is 1. The predicted octanol–water partition coefficient (Wildman–Crippen LogP) is -2.40. The Morgan fingerprint density at radius 2 is 1.48 bits per heavy atom. The van der Waals surface area contributed by atoms with Crippen molar-refractivity contribution in [2.24, 2.45) is 34.0 Å². The minimum Gasteiger partial charge on any atom is -0.480 e. The number of aliphatic carboxylic acids is 1. The Balaban J connectivity index is 5.26. The summed E-state index contributed by atoms with van der Waals surface area (Å²) in [5.74, 6) is -4.02. The Morgan fingerprint density at radius 3 is 1.94 bits per heavy atom. The largest absolute Gasteiger partial charge is 0.480 e. The lowest BCUT2D eigenvalue weighted by Crippen LogP contribution is -2.60. The maximum atomic E-state index is 12.9. The van der Waals surface area contributed by atoms with Crippen LogP contribution in [-0.2, 0) is 19.2 Å². The van der Waals surface area contributed by atoms with E-state index in [-0.39, 0.29) is 17.8 Å². The highest BCUT2D eigenvalue weighted by atomic mass is 16.4. The van der Waals surface area contributed by atoms with Crippen LogP contribution in [0.1, 0.15) is 47.0 Å². The number of carbonyl (C=O) groups excluding carboxylic acids is 3. The van der Waals surface area contributed by atoms with Crippen molar-refractivity contribution in [3.05, 3.63) is 0 Å². The van der Waals surface area contributed by atoms with E-state index in [4.69, 9.17) is 27.4 Å². The second-order valence-corrected chi connectivity index (χ2v) is 8.24. The molecule has 0 heterocycles. The van der Waals surface area contributed by atoms with Crippen molar-refractivity contribution in [2.45, 2.75) is 71.1 Å².